The fraction of sp³-hybridized carbons (Fsp3) is 0.412. The zero-order chi connectivity index (χ0) is 15.7. The van der Waals surface area contributed by atoms with Crippen molar-refractivity contribution in [2.24, 2.45) is 0 Å². The number of carbonyl (C=O) groups is 1. The molecule has 0 atom stereocenters. The zero-order valence-electron chi connectivity index (χ0n) is 13.2. The molecular weight excluding hydrogens is 278 g/mol. The van der Waals surface area contributed by atoms with Gasteiger partial charge in [0.2, 0.25) is 0 Å². The quantitative estimate of drug-likeness (QED) is 0.834. The summed E-state index contributed by atoms with van der Waals surface area (Å²) < 4.78 is 4.87. The maximum absolute atomic E-state index is 11.9. The van der Waals surface area contributed by atoms with Crippen LogP contribution in [0.5, 0.6) is 0 Å². The van der Waals surface area contributed by atoms with Crippen LogP contribution in [0, 0.1) is 13.8 Å². The normalized spacial score (nSPS) is 14.3. The number of nitrogens with zero attached hydrogens (tertiary/aromatic N) is 1. The fourth-order valence-electron chi connectivity index (χ4n) is 2.97. The molecule has 2 N–H and O–H groups in total. The van der Waals surface area contributed by atoms with Gasteiger partial charge in [0, 0.05) is 37.2 Å². The van der Waals surface area contributed by atoms with Gasteiger partial charge >= 0.3 is 5.97 Å². The molecule has 1 aromatic carbocycles. The van der Waals surface area contributed by atoms with Gasteiger partial charge in [-0.25, -0.2) is 9.78 Å². The van der Waals surface area contributed by atoms with E-state index >= 15 is 0 Å². The van der Waals surface area contributed by atoms with E-state index < -0.39 is 0 Å². The first-order chi connectivity index (χ1) is 10.6. The van der Waals surface area contributed by atoms with E-state index in [0.717, 1.165) is 54.1 Å². The Labute approximate surface area is 130 Å². The van der Waals surface area contributed by atoms with Crippen molar-refractivity contribution in [3.63, 3.8) is 0 Å². The highest BCUT2D eigenvalue weighted by Gasteiger charge is 2.18. The molecule has 0 spiro atoms. The zero-order valence-corrected chi connectivity index (χ0v) is 13.2. The number of aromatic amines is 1. The van der Waals surface area contributed by atoms with Crippen LogP contribution < -0.4 is 5.32 Å². The van der Waals surface area contributed by atoms with Crippen molar-refractivity contribution in [1.29, 1.82) is 0 Å². The van der Waals surface area contributed by atoms with E-state index in [2.05, 4.69) is 10.3 Å². The maximum atomic E-state index is 11.9. The van der Waals surface area contributed by atoms with Gasteiger partial charge in [-0.05, 0) is 31.0 Å². The highest BCUT2D eigenvalue weighted by Crippen LogP contribution is 2.26. The molecule has 0 amide bonds. The summed E-state index contributed by atoms with van der Waals surface area (Å²) in [4.78, 5) is 20.1. The minimum Gasteiger partial charge on any atom is -0.465 e. The van der Waals surface area contributed by atoms with Crippen LogP contribution in [-0.2, 0) is 17.6 Å². The first-order valence-corrected chi connectivity index (χ1v) is 7.58. The van der Waals surface area contributed by atoms with Crippen molar-refractivity contribution < 1.29 is 9.53 Å². The number of ether oxygens (including phenoxy) is 1. The molecule has 0 unspecified atom stereocenters. The van der Waals surface area contributed by atoms with Gasteiger partial charge in [0.05, 0.1) is 18.4 Å². The number of rotatable bonds is 2. The number of benzene rings is 1. The summed E-state index contributed by atoms with van der Waals surface area (Å²) in [5.41, 5.74) is 5.90. The molecule has 5 nitrogen and oxygen atoms in total. The molecule has 0 saturated carbocycles. The van der Waals surface area contributed by atoms with Crippen molar-refractivity contribution in [3.05, 3.63) is 40.2 Å². The molecule has 1 aliphatic rings. The monoisotopic (exact) mass is 299 g/mol. The number of fused-ring (bicyclic) bond motifs is 1. The Morgan fingerprint density at radius 1 is 1.18 bits per heavy atom. The molecule has 22 heavy (non-hydrogen) atoms. The van der Waals surface area contributed by atoms with E-state index in [1.807, 2.05) is 26.0 Å². The molecule has 0 bridgehead atoms. The molecule has 0 radical (unpaired) electrons. The summed E-state index contributed by atoms with van der Waals surface area (Å²) in [7, 11) is 1.41. The van der Waals surface area contributed by atoms with Crippen LogP contribution in [0.3, 0.4) is 0 Å². The van der Waals surface area contributed by atoms with E-state index in [0.29, 0.717) is 5.56 Å². The van der Waals surface area contributed by atoms with Gasteiger partial charge in [-0.2, -0.15) is 0 Å². The van der Waals surface area contributed by atoms with Gasteiger partial charge in [0.15, 0.2) is 0 Å². The summed E-state index contributed by atoms with van der Waals surface area (Å²) >= 11 is 0. The highest BCUT2D eigenvalue weighted by molar-refractivity contribution is 5.92. The Morgan fingerprint density at radius 2 is 1.95 bits per heavy atom. The van der Waals surface area contributed by atoms with Crippen LogP contribution in [0.25, 0.3) is 11.4 Å². The first kappa shape index (κ1) is 14.8. The van der Waals surface area contributed by atoms with Crippen LogP contribution in [0.2, 0.25) is 0 Å². The van der Waals surface area contributed by atoms with Gasteiger partial charge < -0.3 is 15.0 Å². The Kier molecular flexibility index (Phi) is 3.98. The van der Waals surface area contributed by atoms with Crippen molar-refractivity contribution in [1.82, 2.24) is 15.3 Å². The Bertz CT molecular complexity index is 695. The lowest BCUT2D eigenvalue weighted by Gasteiger charge is -2.09. The van der Waals surface area contributed by atoms with E-state index in [1.54, 1.807) is 0 Å². The summed E-state index contributed by atoms with van der Waals surface area (Å²) in [6.07, 6.45) is 1.89. The summed E-state index contributed by atoms with van der Waals surface area (Å²) in [5.74, 6) is 0.533. The van der Waals surface area contributed by atoms with Gasteiger partial charge in [-0.1, -0.05) is 6.07 Å². The molecule has 0 aliphatic carbocycles. The number of hydrogen-bond acceptors (Lipinski definition) is 4. The second-order valence-electron chi connectivity index (χ2n) is 5.73. The lowest BCUT2D eigenvalue weighted by atomic mass is 9.99. The Hall–Kier alpha value is -2.14. The number of nitrogens with one attached hydrogen (secondary N) is 2. The molecule has 2 heterocycles. The number of imidazole rings is 1. The van der Waals surface area contributed by atoms with Gasteiger partial charge in [-0.3, -0.25) is 0 Å². The van der Waals surface area contributed by atoms with Crippen molar-refractivity contribution in [2.75, 3.05) is 20.2 Å². The molecule has 0 saturated heterocycles. The lowest BCUT2D eigenvalue weighted by molar-refractivity contribution is 0.0600. The maximum Gasteiger partial charge on any atom is 0.338 e. The SMILES string of the molecule is COC(=O)c1cc(-c2nc3c([nH]2)CCNCC3)c(C)cc1C. The van der Waals surface area contributed by atoms with Gasteiger partial charge in [-0.15, -0.1) is 0 Å². The minimum atomic E-state index is -0.309. The largest absolute Gasteiger partial charge is 0.465 e. The van der Waals surface area contributed by atoms with E-state index in [9.17, 15) is 4.79 Å². The first-order valence-electron chi connectivity index (χ1n) is 7.58. The molecular formula is C17H21N3O2. The van der Waals surface area contributed by atoms with E-state index in [1.165, 1.54) is 12.8 Å². The predicted octanol–water partition coefficient (Wildman–Crippen LogP) is 2.17. The van der Waals surface area contributed by atoms with Crippen LogP contribution in [0.4, 0.5) is 0 Å². The number of hydrogen-bond donors (Lipinski definition) is 2. The topological polar surface area (TPSA) is 67.0 Å². The summed E-state index contributed by atoms with van der Waals surface area (Å²) in [5, 5.41) is 3.37. The summed E-state index contributed by atoms with van der Waals surface area (Å²) in [6.45, 7) is 5.89. The third-order valence-electron chi connectivity index (χ3n) is 4.19. The number of H-pyrrole nitrogens is 1. The van der Waals surface area contributed by atoms with Gasteiger partial charge in [0.25, 0.3) is 0 Å². The van der Waals surface area contributed by atoms with E-state index in [-0.39, 0.29) is 5.97 Å². The number of esters is 1. The van der Waals surface area contributed by atoms with Crippen molar-refractivity contribution >= 4 is 5.97 Å². The molecule has 1 aromatic heterocycles. The van der Waals surface area contributed by atoms with E-state index in [4.69, 9.17) is 9.72 Å². The average molecular weight is 299 g/mol. The second-order valence-corrected chi connectivity index (χ2v) is 5.73. The molecule has 0 fully saturated rings. The molecule has 1 aliphatic heterocycles. The fourth-order valence-corrected chi connectivity index (χ4v) is 2.97. The average Bonchev–Trinajstić information content (AvgIpc) is 2.77. The smallest absolute Gasteiger partial charge is 0.338 e. The van der Waals surface area contributed by atoms with Crippen LogP contribution >= 0.6 is 0 Å². The van der Waals surface area contributed by atoms with Crippen molar-refractivity contribution in [2.45, 2.75) is 26.7 Å². The number of aryl methyl sites for hydroxylation is 2. The van der Waals surface area contributed by atoms with Crippen LogP contribution in [-0.4, -0.2) is 36.1 Å². The Balaban J connectivity index is 2.06. The number of aromatic nitrogens is 2. The number of carbonyl (C=O) groups excluding carboxylic acids is 1. The minimum absolute atomic E-state index is 0.309. The van der Waals surface area contributed by atoms with Crippen molar-refractivity contribution in [3.8, 4) is 11.4 Å². The predicted molar refractivity (Wildman–Crippen MR) is 85.1 cm³/mol. The molecule has 2 aromatic rings. The molecule has 3 rings (SSSR count). The standard InChI is InChI=1S/C17H21N3O2/c1-10-8-11(2)13(17(21)22-3)9-12(10)16-19-14-4-6-18-7-5-15(14)20-16/h8-9,18H,4-7H2,1-3H3,(H,19,20). The van der Waals surface area contributed by atoms with Crippen LogP contribution in [0.1, 0.15) is 32.9 Å². The third kappa shape index (κ3) is 2.64. The summed E-state index contributed by atoms with van der Waals surface area (Å²) in [6, 6.07) is 3.89. The molecule has 5 heteroatoms. The number of methoxy groups -OCH3 is 1. The van der Waals surface area contributed by atoms with Crippen LogP contribution in [0.15, 0.2) is 12.1 Å². The Morgan fingerprint density at radius 3 is 2.73 bits per heavy atom. The third-order valence-corrected chi connectivity index (χ3v) is 4.19. The second kappa shape index (κ2) is 5.93. The van der Waals surface area contributed by atoms with Gasteiger partial charge in [0.1, 0.15) is 5.82 Å². The molecule has 116 valence electrons. The highest BCUT2D eigenvalue weighted by atomic mass is 16.5. The lowest BCUT2D eigenvalue weighted by Crippen LogP contribution is -2.16.